The topological polar surface area (TPSA) is 54.9 Å². The molecule has 0 bridgehead atoms. The normalized spacial score (nSPS) is 22.9. The van der Waals surface area contributed by atoms with Crippen LogP contribution in [0.2, 0.25) is 0 Å². The van der Waals surface area contributed by atoms with Crippen LogP contribution in [0, 0.1) is 11.8 Å². The number of halogens is 5. The molecule has 0 saturated heterocycles. The molecule has 2 rings (SSSR count). The number of carbonyl (C=O) groups is 1. The Morgan fingerprint density at radius 1 is 1.33 bits per heavy atom. The van der Waals surface area contributed by atoms with E-state index in [0.717, 1.165) is 0 Å². The fraction of sp³-hybridized carbons (Fsp3) is 0.583. The first-order valence-corrected chi connectivity index (χ1v) is 7.91. The van der Waals surface area contributed by atoms with Gasteiger partial charge in [0.05, 0.1) is 12.1 Å². The zero-order valence-corrected chi connectivity index (χ0v) is 13.9. The third-order valence-corrected chi connectivity index (χ3v) is 4.39. The van der Waals surface area contributed by atoms with Gasteiger partial charge in [-0.1, -0.05) is 6.42 Å². The Morgan fingerprint density at radius 3 is 2.67 bits per heavy atom. The molecule has 0 aliphatic heterocycles. The van der Waals surface area contributed by atoms with E-state index in [1.54, 1.807) is 0 Å². The molecule has 1 saturated carbocycles. The van der Waals surface area contributed by atoms with Gasteiger partial charge in [0.15, 0.2) is 5.82 Å². The predicted octanol–water partition coefficient (Wildman–Crippen LogP) is 4.31. The van der Waals surface area contributed by atoms with Crippen molar-refractivity contribution in [3.8, 4) is 0 Å². The quantitative estimate of drug-likeness (QED) is 0.760. The molecule has 4 nitrogen and oxygen atoms in total. The van der Waals surface area contributed by atoms with Crippen LogP contribution in [0.4, 0.5) is 19.0 Å². The van der Waals surface area contributed by atoms with E-state index in [2.05, 4.69) is 47.1 Å². The maximum Gasteiger partial charge on any atom is 0.391 e. The lowest BCUT2D eigenvalue weighted by molar-refractivity contribution is -0.185. The number of nitrogens with one attached hydrogen (secondary N) is 1. The van der Waals surface area contributed by atoms with Crippen molar-refractivity contribution in [3.63, 3.8) is 0 Å². The van der Waals surface area contributed by atoms with Gasteiger partial charge in [0.1, 0.15) is 9.21 Å². The summed E-state index contributed by atoms with van der Waals surface area (Å²) < 4.78 is 39.1. The Hall–Kier alpha value is -0.700. The summed E-state index contributed by atoms with van der Waals surface area (Å²) >= 11 is 6.27. The minimum absolute atomic E-state index is 0.0923. The monoisotopic (exact) mass is 429 g/mol. The number of aromatic nitrogens is 2. The number of hydrogen-bond acceptors (Lipinski definition) is 3. The molecule has 1 aromatic rings. The van der Waals surface area contributed by atoms with Crippen LogP contribution in [0.25, 0.3) is 0 Å². The number of amides is 1. The lowest BCUT2D eigenvalue weighted by atomic mass is 9.80. The van der Waals surface area contributed by atoms with E-state index in [1.807, 2.05) is 0 Å². The largest absolute Gasteiger partial charge is 0.391 e. The van der Waals surface area contributed by atoms with Crippen LogP contribution in [-0.4, -0.2) is 22.1 Å². The summed E-state index contributed by atoms with van der Waals surface area (Å²) in [5.41, 5.74) is 0. The van der Waals surface area contributed by atoms with E-state index in [9.17, 15) is 18.0 Å². The predicted molar refractivity (Wildman–Crippen MR) is 77.6 cm³/mol. The van der Waals surface area contributed by atoms with Crippen molar-refractivity contribution < 1.29 is 18.0 Å². The standard InChI is InChI=1S/C12H12Br2F3N3O/c13-8-5-18-10(9(14)19-8)20-11(21)6-2-1-3-7(4-6)12(15,16)17/h5-7H,1-4H2,(H,18,20,21). The van der Waals surface area contributed by atoms with Gasteiger partial charge in [0, 0.05) is 5.92 Å². The van der Waals surface area contributed by atoms with Crippen molar-refractivity contribution >= 4 is 43.6 Å². The number of anilines is 1. The van der Waals surface area contributed by atoms with Gasteiger partial charge < -0.3 is 5.32 Å². The second-order valence-electron chi connectivity index (χ2n) is 4.92. The van der Waals surface area contributed by atoms with Gasteiger partial charge in [0.25, 0.3) is 0 Å². The Balaban J connectivity index is 2.03. The van der Waals surface area contributed by atoms with E-state index in [1.165, 1.54) is 6.20 Å². The van der Waals surface area contributed by atoms with E-state index in [4.69, 9.17) is 0 Å². The van der Waals surface area contributed by atoms with Gasteiger partial charge >= 0.3 is 6.18 Å². The molecule has 2 atom stereocenters. The second kappa shape index (κ2) is 6.60. The minimum atomic E-state index is -4.24. The lowest BCUT2D eigenvalue weighted by Gasteiger charge is -2.29. The summed E-state index contributed by atoms with van der Waals surface area (Å²) in [6, 6.07) is 0. The van der Waals surface area contributed by atoms with Gasteiger partial charge in [-0.2, -0.15) is 13.2 Å². The SMILES string of the molecule is O=C(Nc1ncc(Br)nc1Br)C1CCCC(C(F)(F)F)C1. The third-order valence-electron chi connectivity index (χ3n) is 3.45. The molecule has 21 heavy (non-hydrogen) atoms. The average molecular weight is 431 g/mol. The zero-order valence-electron chi connectivity index (χ0n) is 10.8. The third kappa shape index (κ3) is 4.38. The first-order chi connectivity index (χ1) is 9.77. The number of carbonyl (C=O) groups excluding carboxylic acids is 1. The molecule has 0 aromatic carbocycles. The van der Waals surface area contributed by atoms with Crippen molar-refractivity contribution in [3.05, 3.63) is 15.4 Å². The molecule has 1 amide bonds. The van der Waals surface area contributed by atoms with Crippen LogP contribution in [0.3, 0.4) is 0 Å². The lowest BCUT2D eigenvalue weighted by Crippen LogP contribution is -2.34. The number of alkyl halides is 3. The number of nitrogens with zero attached hydrogens (tertiary/aromatic N) is 2. The molecule has 1 N–H and O–H groups in total. The highest BCUT2D eigenvalue weighted by Gasteiger charge is 2.43. The van der Waals surface area contributed by atoms with Crippen molar-refractivity contribution in [2.24, 2.45) is 11.8 Å². The van der Waals surface area contributed by atoms with Gasteiger partial charge in [-0.3, -0.25) is 4.79 Å². The van der Waals surface area contributed by atoms with Crippen molar-refractivity contribution in [2.45, 2.75) is 31.9 Å². The zero-order chi connectivity index (χ0) is 15.6. The summed E-state index contributed by atoms with van der Waals surface area (Å²) in [7, 11) is 0. The molecular formula is C12H12Br2F3N3O. The van der Waals surface area contributed by atoms with E-state index in [0.29, 0.717) is 22.0 Å². The van der Waals surface area contributed by atoms with Crippen LogP contribution in [0.1, 0.15) is 25.7 Å². The van der Waals surface area contributed by atoms with E-state index < -0.39 is 23.9 Å². The van der Waals surface area contributed by atoms with Gasteiger partial charge in [-0.15, -0.1) is 0 Å². The summed E-state index contributed by atoms with van der Waals surface area (Å²) in [4.78, 5) is 20.1. The highest BCUT2D eigenvalue weighted by Crippen LogP contribution is 2.40. The second-order valence-corrected chi connectivity index (χ2v) is 6.49. The van der Waals surface area contributed by atoms with E-state index >= 15 is 0 Å². The van der Waals surface area contributed by atoms with Crippen LogP contribution in [-0.2, 0) is 4.79 Å². The first-order valence-electron chi connectivity index (χ1n) is 6.33. The summed E-state index contributed by atoms with van der Waals surface area (Å²) in [6.45, 7) is 0. The molecular weight excluding hydrogens is 419 g/mol. The molecule has 1 aromatic heterocycles. The van der Waals surface area contributed by atoms with Gasteiger partial charge in [0.2, 0.25) is 5.91 Å². The van der Waals surface area contributed by atoms with Crippen molar-refractivity contribution in [1.29, 1.82) is 0 Å². The molecule has 9 heteroatoms. The van der Waals surface area contributed by atoms with Gasteiger partial charge in [-0.05, 0) is 51.1 Å². The molecule has 1 aliphatic rings. The molecule has 1 aliphatic carbocycles. The molecule has 2 unspecified atom stereocenters. The van der Waals surface area contributed by atoms with Crippen molar-refractivity contribution in [2.75, 3.05) is 5.32 Å². The van der Waals surface area contributed by atoms with E-state index in [-0.39, 0.29) is 18.7 Å². The molecule has 0 spiro atoms. The smallest absolute Gasteiger partial charge is 0.308 e. The maximum absolute atomic E-state index is 12.7. The Morgan fingerprint density at radius 2 is 2.05 bits per heavy atom. The number of hydrogen-bond donors (Lipinski definition) is 1. The molecule has 116 valence electrons. The average Bonchev–Trinajstić information content (AvgIpc) is 2.41. The number of rotatable bonds is 2. The van der Waals surface area contributed by atoms with Crippen LogP contribution < -0.4 is 5.32 Å². The van der Waals surface area contributed by atoms with Crippen LogP contribution in [0.15, 0.2) is 15.4 Å². The highest BCUT2D eigenvalue weighted by atomic mass is 79.9. The summed E-state index contributed by atoms with van der Waals surface area (Å²) in [6.07, 6.45) is -2.06. The fourth-order valence-electron chi connectivity index (χ4n) is 2.37. The molecule has 1 heterocycles. The Bertz CT molecular complexity index is 539. The molecule has 0 radical (unpaired) electrons. The maximum atomic E-state index is 12.7. The summed E-state index contributed by atoms with van der Waals surface area (Å²) in [5, 5.41) is 2.53. The Kier molecular flexibility index (Phi) is 5.24. The molecule has 1 fully saturated rings. The fourth-order valence-corrected chi connectivity index (χ4v) is 3.28. The highest BCUT2D eigenvalue weighted by molar-refractivity contribution is 9.11. The minimum Gasteiger partial charge on any atom is -0.308 e. The summed E-state index contributed by atoms with van der Waals surface area (Å²) in [5.74, 6) is -2.29. The van der Waals surface area contributed by atoms with Crippen LogP contribution >= 0.6 is 31.9 Å². The van der Waals surface area contributed by atoms with Crippen LogP contribution in [0.5, 0.6) is 0 Å². The van der Waals surface area contributed by atoms with Gasteiger partial charge in [-0.25, -0.2) is 9.97 Å². The van der Waals surface area contributed by atoms with Crippen molar-refractivity contribution in [1.82, 2.24) is 9.97 Å². The Labute approximate surface area is 136 Å². The first kappa shape index (κ1) is 16.7.